The van der Waals surface area contributed by atoms with E-state index < -0.39 is 23.7 Å². The maximum absolute atomic E-state index is 12.6. The first-order chi connectivity index (χ1) is 11.7. The second-order valence-electron chi connectivity index (χ2n) is 7.49. The summed E-state index contributed by atoms with van der Waals surface area (Å²) in [5.41, 5.74) is 6.60. The Hall–Kier alpha value is -2.24. The van der Waals surface area contributed by atoms with Gasteiger partial charge in [-0.05, 0) is 64.2 Å². The topological polar surface area (TPSA) is 90.6 Å². The maximum Gasteiger partial charge on any atom is 0.408 e. The fourth-order valence-corrected chi connectivity index (χ4v) is 2.79. The monoisotopic (exact) mass is 348 g/mol. The zero-order chi connectivity index (χ0) is 18.4. The number of carbonyl (C=O) groups is 2. The molecule has 0 spiro atoms. The number of rotatable bonds is 5. The molecule has 6 heteroatoms. The molecule has 1 aliphatic rings. The normalized spacial score (nSPS) is 16.3. The zero-order valence-electron chi connectivity index (χ0n) is 15.2. The number of nitrogen functional groups attached to an aromatic ring is 1. The van der Waals surface area contributed by atoms with E-state index in [-0.39, 0.29) is 6.10 Å². The molecule has 0 saturated heterocycles. The third-order valence-corrected chi connectivity index (χ3v) is 3.98. The van der Waals surface area contributed by atoms with Crippen LogP contribution < -0.4 is 11.1 Å². The summed E-state index contributed by atoms with van der Waals surface area (Å²) in [6.07, 6.45) is 3.54. The van der Waals surface area contributed by atoms with Gasteiger partial charge in [-0.3, -0.25) is 0 Å². The fraction of sp³-hybridized carbons (Fsp3) is 0.579. The lowest BCUT2D eigenvalue weighted by atomic mass is 10.1. The van der Waals surface area contributed by atoms with Gasteiger partial charge < -0.3 is 20.5 Å². The van der Waals surface area contributed by atoms with Gasteiger partial charge in [-0.2, -0.15) is 0 Å². The van der Waals surface area contributed by atoms with E-state index in [1.165, 1.54) is 0 Å². The van der Waals surface area contributed by atoms with Gasteiger partial charge in [0.1, 0.15) is 17.7 Å². The van der Waals surface area contributed by atoms with Crippen molar-refractivity contribution in [1.82, 2.24) is 5.32 Å². The molecular formula is C19H28N2O4. The molecule has 3 N–H and O–H groups in total. The number of carbonyl (C=O) groups excluding carboxylic acids is 2. The van der Waals surface area contributed by atoms with Crippen LogP contribution in [0, 0.1) is 0 Å². The van der Waals surface area contributed by atoms with Crippen molar-refractivity contribution in [2.45, 2.75) is 70.6 Å². The summed E-state index contributed by atoms with van der Waals surface area (Å²) in [6, 6.07) is 6.41. The van der Waals surface area contributed by atoms with Gasteiger partial charge in [-0.1, -0.05) is 12.1 Å². The first-order valence-corrected chi connectivity index (χ1v) is 8.77. The lowest BCUT2D eigenvalue weighted by Crippen LogP contribution is -2.46. The molecule has 0 unspecified atom stereocenters. The van der Waals surface area contributed by atoms with Crippen molar-refractivity contribution in [3.8, 4) is 0 Å². The first kappa shape index (κ1) is 19.1. The molecule has 25 heavy (non-hydrogen) atoms. The summed E-state index contributed by atoms with van der Waals surface area (Å²) in [6.45, 7) is 5.33. The van der Waals surface area contributed by atoms with Crippen LogP contribution in [0.2, 0.25) is 0 Å². The van der Waals surface area contributed by atoms with Gasteiger partial charge in [-0.15, -0.1) is 0 Å². The summed E-state index contributed by atoms with van der Waals surface area (Å²) >= 11 is 0. The van der Waals surface area contributed by atoms with Crippen molar-refractivity contribution in [3.63, 3.8) is 0 Å². The SMILES string of the molecule is CC(C)(C)OC(=O)N[C@@H](Cc1ccc(N)cc1)C(=O)OC1CCCC1. The Morgan fingerprint density at radius 1 is 1.20 bits per heavy atom. The van der Waals surface area contributed by atoms with Crippen molar-refractivity contribution in [1.29, 1.82) is 0 Å². The predicted octanol–water partition coefficient (Wildman–Crippen LogP) is 3.19. The quantitative estimate of drug-likeness (QED) is 0.630. The third-order valence-electron chi connectivity index (χ3n) is 3.98. The standard InChI is InChI=1S/C19H28N2O4/c1-19(2,3)25-18(23)21-16(12-13-8-10-14(20)11-9-13)17(22)24-15-6-4-5-7-15/h8-11,15-16H,4-7,12,20H2,1-3H3,(H,21,23)/t16-/m0/s1. The second kappa shape index (κ2) is 8.23. The summed E-state index contributed by atoms with van der Waals surface area (Å²) in [4.78, 5) is 24.6. The molecule has 1 fully saturated rings. The Labute approximate surface area is 149 Å². The fourth-order valence-electron chi connectivity index (χ4n) is 2.79. The van der Waals surface area contributed by atoms with E-state index >= 15 is 0 Å². The number of nitrogens with two attached hydrogens (primary N) is 1. The van der Waals surface area contributed by atoms with E-state index in [0.29, 0.717) is 12.1 Å². The van der Waals surface area contributed by atoms with Crippen LogP contribution in [-0.2, 0) is 20.7 Å². The van der Waals surface area contributed by atoms with E-state index in [1.807, 2.05) is 12.1 Å². The smallest absolute Gasteiger partial charge is 0.408 e. The summed E-state index contributed by atoms with van der Waals surface area (Å²) < 4.78 is 10.8. The van der Waals surface area contributed by atoms with E-state index in [2.05, 4.69) is 5.32 Å². The van der Waals surface area contributed by atoms with E-state index in [1.54, 1.807) is 32.9 Å². The number of benzene rings is 1. The average molecular weight is 348 g/mol. The summed E-state index contributed by atoms with van der Waals surface area (Å²) in [7, 11) is 0. The molecule has 1 atom stereocenters. The van der Waals surface area contributed by atoms with Crippen LogP contribution in [0.3, 0.4) is 0 Å². The number of nitrogens with one attached hydrogen (secondary N) is 1. The van der Waals surface area contributed by atoms with E-state index in [0.717, 1.165) is 31.2 Å². The number of ether oxygens (including phenoxy) is 2. The minimum Gasteiger partial charge on any atom is -0.461 e. The van der Waals surface area contributed by atoms with Crippen molar-refractivity contribution >= 4 is 17.7 Å². The van der Waals surface area contributed by atoms with Crippen molar-refractivity contribution in [2.24, 2.45) is 0 Å². The van der Waals surface area contributed by atoms with Gasteiger partial charge in [0.15, 0.2) is 0 Å². The van der Waals surface area contributed by atoms with Gasteiger partial charge in [0.05, 0.1) is 0 Å². The Kier molecular flexibility index (Phi) is 6.28. The predicted molar refractivity (Wildman–Crippen MR) is 96.1 cm³/mol. The van der Waals surface area contributed by atoms with Crippen molar-refractivity contribution in [3.05, 3.63) is 29.8 Å². The summed E-state index contributed by atoms with van der Waals surface area (Å²) in [5.74, 6) is -0.422. The second-order valence-corrected chi connectivity index (χ2v) is 7.49. The molecule has 1 amide bonds. The molecule has 1 aliphatic carbocycles. The number of hydrogen-bond donors (Lipinski definition) is 2. The molecule has 0 radical (unpaired) electrons. The van der Waals surface area contributed by atoms with Crippen molar-refractivity contribution < 1.29 is 19.1 Å². The molecule has 1 aromatic rings. The third kappa shape index (κ3) is 6.64. The molecular weight excluding hydrogens is 320 g/mol. The molecule has 0 bridgehead atoms. The lowest BCUT2D eigenvalue weighted by Gasteiger charge is -2.24. The van der Waals surface area contributed by atoms with Gasteiger partial charge in [0, 0.05) is 12.1 Å². The van der Waals surface area contributed by atoms with E-state index in [4.69, 9.17) is 15.2 Å². The van der Waals surface area contributed by atoms with Gasteiger partial charge in [0.25, 0.3) is 0 Å². The van der Waals surface area contributed by atoms with Crippen LogP contribution in [-0.4, -0.2) is 29.8 Å². The van der Waals surface area contributed by atoms with Crippen LogP contribution in [0.4, 0.5) is 10.5 Å². The van der Waals surface area contributed by atoms with Crippen LogP contribution in [0.1, 0.15) is 52.0 Å². The molecule has 1 aromatic carbocycles. The lowest BCUT2D eigenvalue weighted by molar-refractivity contribution is -0.151. The van der Waals surface area contributed by atoms with Gasteiger partial charge in [0.2, 0.25) is 0 Å². The highest BCUT2D eigenvalue weighted by atomic mass is 16.6. The maximum atomic E-state index is 12.6. The van der Waals surface area contributed by atoms with Gasteiger partial charge in [-0.25, -0.2) is 9.59 Å². The van der Waals surface area contributed by atoms with Crippen molar-refractivity contribution in [2.75, 3.05) is 5.73 Å². The van der Waals surface area contributed by atoms with E-state index in [9.17, 15) is 9.59 Å². The molecule has 2 rings (SSSR count). The Balaban J connectivity index is 2.04. The summed E-state index contributed by atoms with van der Waals surface area (Å²) in [5, 5.41) is 2.64. The number of esters is 1. The largest absolute Gasteiger partial charge is 0.461 e. The Morgan fingerprint density at radius 2 is 1.80 bits per heavy atom. The van der Waals surface area contributed by atoms with Crippen LogP contribution in [0.5, 0.6) is 0 Å². The highest BCUT2D eigenvalue weighted by Crippen LogP contribution is 2.22. The van der Waals surface area contributed by atoms with Crippen LogP contribution >= 0.6 is 0 Å². The molecule has 1 saturated carbocycles. The zero-order valence-corrected chi connectivity index (χ0v) is 15.2. The highest BCUT2D eigenvalue weighted by molar-refractivity contribution is 5.82. The molecule has 138 valence electrons. The Morgan fingerprint density at radius 3 is 2.36 bits per heavy atom. The molecule has 0 aromatic heterocycles. The number of amides is 1. The molecule has 0 heterocycles. The number of anilines is 1. The minimum atomic E-state index is -0.793. The van der Waals surface area contributed by atoms with Crippen LogP contribution in [0.15, 0.2) is 24.3 Å². The minimum absolute atomic E-state index is 0.0538. The van der Waals surface area contributed by atoms with Crippen LogP contribution in [0.25, 0.3) is 0 Å². The van der Waals surface area contributed by atoms with Gasteiger partial charge >= 0.3 is 12.1 Å². The first-order valence-electron chi connectivity index (χ1n) is 8.77. The molecule has 6 nitrogen and oxygen atoms in total. The number of alkyl carbamates (subject to hydrolysis) is 1. The average Bonchev–Trinajstić information content (AvgIpc) is 2.99. The Bertz CT molecular complexity index is 586. The molecule has 0 aliphatic heterocycles. The number of hydrogen-bond acceptors (Lipinski definition) is 5. The highest BCUT2D eigenvalue weighted by Gasteiger charge is 2.28.